The van der Waals surface area contributed by atoms with E-state index in [4.69, 9.17) is 27.8 Å². The third kappa shape index (κ3) is 6.55. The number of rotatable bonds is 7. The normalized spacial score (nSPS) is 24.4. The zero-order valence-electron chi connectivity index (χ0n) is 29.6. The first-order valence-electron chi connectivity index (χ1n) is 18.0. The second kappa shape index (κ2) is 14.3. The standard InChI is InChI=1S/C36H40ClFN10O5S/c1-19-29(39)36(18-53-19)5-8-46(9-6-36)25-16-42-33(30(40)43-25)54-24-4-7-41-31(28(24)37)47-12-10-45(11-13-47)17-20-14-21-27(22(38)15-20)35(52)48(34(21)51)23-2-3-26(49)44-32(23)50/h4,7,14-16,19,23,29H,2-3,5-6,8-13,17-18,39H2,1H3,(H2,40,43)(H,44,49,50)/t19-,23?,29+/m0/s1. The summed E-state index contributed by atoms with van der Waals surface area (Å²) in [6, 6.07) is 3.45. The monoisotopic (exact) mass is 778 g/mol. The molecular formula is C36H40ClFN10O5S. The Kier molecular flexibility index (Phi) is 9.71. The summed E-state index contributed by atoms with van der Waals surface area (Å²) in [5.41, 5.74) is 13.0. The second-order valence-corrected chi connectivity index (χ2v) is 16.0. The van der Waals surface area contributed by atoms with Gasteiger partial charge in [0.05, 0.1) is 35.1 Å². The number of carbonyl (C=O) groups excluding carboxylic acids is 4. The molecule has 4 fully saturated rings. The number of benzene rings is 1. The van der Waals surface area contributed by atoms with E-state index >= 15 is 4.39 Å². The van der Waals surface area contributed by atoms with Gasteiger partial charge in [0, 0.05) is 74.8 Å². The van der Waals surface area contributed by atoms with Crippen LogP contribution in [-0.4, -0.2) is 112 Å². The summed E-state index contributed by atoms with van der Waals surface area (Å²) >= 11 is 8.25. The maximum Gasteiger partial charge on any atom is 0.265 e. The minimum absolute atomic E-state index is 0.00296. The minimum atomic E-state index is -1.16. The lowest BCUT2D eigenvalue weighted by Gasteiger charge is -2.41. The van der Waals surface area contributed by atoms with Gasteiger partial charge in [-0.05, 0) is 49.9 Å². The Labute approximate surface area is 319 Å². The molecule has 1 aromatic carbocycles. The SMILES string of the molecule is C[C@@H]1OCC2(CCN(c3cnc(Sc4ccnc(N5CCN(Cc6cc(F)c7c(c6)C(=O)N(C6CCC(=O)NC6=O)C7=O)CC5)c4Cl)c(N)n3)CC2)[C@@H]1N. The molecular weight excluding hydrogens is 739 g/mol. The molecule has 1 unspecified atom stereocenters. The van der Waals surface area contributed by atoms with Gasteiger partial charge in [0.2, 0.25) is 11.8 Å². The van der Waals surface area contributed by atoms with Crippen molar-refractivity contribution in [3.8, 4) is 0 Å². The molecule has 0 saturated carbocycles. The molecule has 18 heteroatoms. The van der Waals surface area contributed by atoms with E-state index in [0.717, 1.165) is 41.5 Å². The number of nitrogen functional groups attached to an aromatic ring is 1. The van der Waals surface area contributed by atoms with Crippen LogP contribution >= 0.6 is 23.4 Å². The summed E-state index contributed by atoms with van der Waals surface area (Å²) in [5.74, 6) is -1.99. The maximum absolute atomic E-state index is 15.3. The fraction of sp³-hybridized carbons (Fsp3) is 0.472. The zero-order valence-corrected chi connectivity index (χ0v) is 31.2. The number of nitrogens with one attached hydrogen (secondary N) is 1. The fourth-order valence-electron chi connectivity index (χ4n) is 8.16. The van der Waals surface area contributed by atoms with Gasteiger partial charge >= 0.3 is 0 Å². The highest BCUT2D eigenvalue weighted by Crippen LogP contribution is 2.43. The van der Waals surface area contributed by atoms with Gasteiger partial charge in [-0.15, -0.1) is 0 Å². The molecule has 0 radical (unpaired) electrons. The van der Waals surface area contributed by atoms with Gasteiger partial charge < -0.3 is 26.0 Å². The van der Waals surface area contributed by atoms with Crippen LogP contribution in [0.15, 0.2) is 40.5 Å². The van der Waals surface area contributed by atoms with E-state index < -0.39 is 35.5 Å². The highest BCUT2D eigenvalue weighted by molar-refractivity contribution is 7.99. The van der Waals surface area contributed by atoms with Crippen LogP contribution in [0, 0.1) is 11.2 Å². The summed E-state index contributed by atoms with van der Waals surface area (Å²) in [4.78, 5) is 72.1. The van der Waals surface area contributed by atoms with Crippen molar-refractivity contribution in [2.45, 2.75) is 67.3 Å². The molecule has 7 heterocycles. The number of nitrogens with zero attached hydrogens (tertiary/aromatic N) is 7. The maximum atomic E-state index is 15.3. The molecule has 3 atom stereocenters. The van der Waals surface area contributed by atoms with Crippen molar-refractivity contribution in [3.05, 3.63) is 58.1 Å². The molecule has 3 aromatic rings. The van der Waals surface area contributed by atoms with Crippen LogP contribution in [0.1, 0.15) is 58.9 Å². The number of aromatic nitrogens is 3. The Bertz CT molecular complexity index is 2040. The van der Waals surface area contributed by atoms with Crippen molar-refractivity contribution in [2.75, 3.05) is 61.4 Å². The van der Waals surface area contributed by atoms with E-state index in [9.17, 15) is 19.2 Å². The number of fused-ring (bicyclic) bond motifs is 1. The number of hydrogen-bond donors (Lipinski definition) is 3. The third-order valence-electron chi connectivity index (χ3n) is 11.4. The average Bonchev–Trinajstić information content (AvgIpc) is 3.57. The number of piperidine rings is 2. The van der Waals surface area contributed by atoms with Crippen LogP contribution in [0.25, 0.3) is 0 Å². The smallest absolute Gasteiger partial charge is 0.265 e. The predicted molar refractivity (Wildman–Crippen MR) is 198 cm³/mol. The number of pyridine rings is 1. The quantitative estimate of drug-likeness (QED) is 0.296. The van der Waals surface area contributed by atoms with Gasteiger partial charge in [0.25, 0.3) is 11.8 Å². The highest BCUT2D eigenvalue weighted by Gasteiger charge is 2.48. The molecule has 5 aliphatic heterocycles. The first-order chi connectivity index (χ1) is 25.9. The largest absolute Gasteiger partial charge is 0.381 e. The van der Waals surface area contributed by atoms with Gasteiger partial charge in [0.15, 0.2) is 5.82 Å². The van der Waals surface area contributed by atoms with Crippen molar-refractivity contribution in [2.24, 2.45) is 11.1 Å². The third-order valence-corrected chi connectivity index (χ3v) is 12.9. The van der Waals surface area contributed by atoms with E-state index in [0.29, 0.717) is 66.6 Å². The van der Waals surface area contributed by atoms with Crippen LogP contribution in [0.5, 0.6) is 0 Å². The molecule has 2 aromatic heterocycles. The Hall–Kier alpha value is -4.42. The van der Waals surface area contributed by atoms with Gasteiger partial charge in [-0.25, -0.2) is 19.3 Å². The summed E-state index contributed by atoms with van der Waals surface area (Å²) < 4.78 is 21.2. The van der Waals surface area contributed by atoms with Crippen molar-refractivity contribution in [3.63, 3.8) is 0 Å². The van der Waals surface area contributed by atoms with Gasteiger partial charge in [0.1, 0.15) is 28.5 Å². The van der Waals surface area contributed by atoms with Crippen LogP contribution in [0.4, 0.5) is 21.8 Å². The number of carbonyl (C=O) groups is 4. The lowest BCUT2D eigenvalue weighted by Crippen LogP contribution is -2.54. The van der Waals surface area contributed by atoms with Gasteiger partial charge in [-0.2, -0.15) is 0 Å². The molecule has 0 bridgehead atoms. The van der Waals surface area contributed by atoms with Crippen LogP contribution in [-0.2, 0) is 20.9 Å². The lowest BCUT2D eigenvalue weighted by atomic mass is 9.73. The molecule has 4 amide bonds. The molecule has 1 spiro atoms. The number of imide groups is 2. The zero-order chi connectivity index (χ0) is 37.9. The fourth-order valence-corrected chi connectivity index (χ4v) is 9.28. The van der Waals surface area contributed by atoms with E-state index in [1.54, 1.807) is 12.4 Å². The molecule has 15 nitrogen and oxygen atoms in total. The topological polar surface area (TPSA) is 193 Å². The molecule has 5 N–H and O–H groups in total. The van der Waals surface area contributed by atoms with E-state index in [1.165, 1.54) is 23.9 Å². The van der Waals surface area contributed by atoms with Crippen molar-refractivity contribution < 1.29 is 28.3 Å². The summed E-state index contributed by atoms with van der Waals surface area (Å²) in [5, 5.41) is 3.16. The summed E-state index contributed by atoms with van der Waals surface area (Å²) in [7, 11) is 0. The number of amides is 4. The molecule has 0 aliphatic carbocycles. The molecule has 5 aliphatic rings. The first-order valence-corrected chi connectivity index (χ1v) is 19.2. The first kappa shape index (κ1) is 36.6. The number of piperazine rings is 1. The Morgan fingerprint density at radius 1 is 1.06 bits per heavy atom. The Morgan fingerprint density at radius 3 is 2.50 bits per heavy atom. The molecule has 54 heavy (non-hydrogen) atoms. The lowest BCUT2D eigenvalue weighted by molar-refractivity contribution is -0.136. The molecule has 8 rings (SSSR count). The number of nitrogens with two attached hydrogens (primary N) is 2. The molecule has 284 valence electrons. The average molecular weight is 779 g/mol. The number of ether oxygens (including phenoxy) is 1. The van der Waals surface area contributed by atoms with Crippen molar-refractivity contribution >= 4 is 64.4 Å². The van der Waals surface area contributed by atoms with Crippen LogP contribution in [0.3, 0.4) is 0 Å². The van der Waals surface area contributed by atoms with E-state index in [1.807, 2.05) is 13.0 Å². The highest BCUT2D eigenvalue weighted by atomic mass is 35.5. The van der Waals surface area contributed by atoms with Crippen LogP contribution in [0.2, 0.25) is 5.02 Å². The van der Waals surface area contributed by atoms with Crippen molar-refractivity contribution in [1.82, 2.24) is 30.1 Å². The van der Waals surface area contributed by atoms with Gasteiger partial charge in [-0.1, -0.05) is 23.4 Å². The second-order valence-electron chi connectivity index (χ2n) is 14.6. The van der Waals surface area contributed by atoms with Crippen LogP contribution < -0.4 is 26.6 Å². The summed E-state index contributed by atoms with van der Waals surface area (Å²) in [6.07, 6.45) is 5.32. The van der Waals surface area contributed by atoms with E-state index in [2.05, 4.69) is 35.0 Å². The van der Waals surface area contributed by atoms with Gasteiger partial charge in [-0.3, -0.25) is 34.3 Å². The number of hydrogen-bond acceptors (Lipinski definition) is 14. The van der Waals surface area contributed by atoms with E-state index in [-0.39, 0.29) is 41.5 Å². The molecule has 4 saturated heterocycles. The number of anilines is 3. The summed E-state index contributed by atoms with van der Waals surface area (Å²) in [6.45, 7) is 7.02. The minimum Gasteiger partial charge on any atom is -0.381 e. The number of halogens is 2. The Morgan fingerprint density at radius 2 is 1.81 bits per heavy atom. The predicted octanol–water partition coefficient (Wildman–Crippen LogP) is 2.45. The van der Waals surface area contributed by atoms with Crippen molar-refractivity contribution in [1.29, 1.82) is 0 Å². The Balaban J connectivity index is 0.884.